The van der Waals surface area contributed by atoms with Crippen LogP contribution in [0.4, 0.5) is 14.4 Å². The minimum atomic E-state index is -1.19. The van der Waals surface area contributed by atoms with Crippen LogP contribution in [-0.4, -0.2) is 37.6 Å². The van der Waals surface area contributed by atoms with Gasteiger partial charge in [0.25, 0.3) is 0 Å². The van der Waals surface area contributed by atoms with Crippen LogP contribution in [0.25, 0.3) is 0 Å². The van der Waals surface area contributed by atoms with Gasteiger partial charge in [-0.15, -0.1) is 0 Å². The molecule has 11 heteroatoms. The normalized spacial score (nSPS) is 11.4. The standard InChI is InChI=1S/C35H32O11/c1-23(42-33(38)44-27-8-6-5-7-9-27)31(36)41-22-24-10-16-28(17-11-24)45-34(39)46-30-20-14-26(15-21-30)35(2,3)25-12-18-29(19-13-25)43-32(37)40-4/h5-21,23H,22H2,1-4H3. The summed E-state index contributed by atoms with van der Waals surface area (Å²) < 4.78 is 35.3. The van der Waals surface area contributed by atoms with E-state index in [4.69, 9.17) is 28.4 Å². The van der Waals surface area contributed by atoms with Gasteiger partial charge in [0.2, 0.25) is 0 Å². The van der Waals surface area contributed by atoms with E-state index in [-0.39, 0.29) is 18.1 Å². The molecule has 4 aromatic carbocycles. The lowest BCUT2D eigenvalue weighted by atomic mass is 9.78. The first-order valence-corrected chi connectivity index (χ1v) is 14.1. The van der Waals surface area contributed by atoms with Crippen LogP contribution >= 0.6 is 0 Å². The van der Waals surface area contributed by atoms with E-state index in [2.05, 4.69) is 4.74 Å². The van der Waals surface area contributed by atoms with Gasteiger partial charge in [-0.1, -0.05) is 68.4 Å². The zero-order valence-electron chi connectivity index (χ0n) is 25.6. The van der Waals surface area contributed by atoms with E-state index in [0.717, 1.165) is 11.1 Å². The second-order valence-corrected chi connectivity index (χ2v) is 10.4. The molecular formula is C35H32O11. The SMILES string of the molecule is COC(=O)Oc1ccc(C(C)(C)c2ccc(OC(=O)Oc3ccc(COC(=O)C(C)OC(=O)Oc4ccccc4)cc3)cc2)cc1. The van der Waals surface area contributed by atoms with Crippen LogP contribution in [0.1, 0.15) is 37.5 Å². The van der Waals surface area contributed by atoms with Crippen LogP contribution in [0.5, 0.6) is 23.0 Å². The van der Waals surface area contributed by atoms with Crippen LogP contribution in [0.2, 0.25) is 0 Å². The second-order valence-electron chi connectivity index (χ2n) is 10.4. The van der Waals surface area contributed by atoms with Crippen LogP contribution in [0.15, 0.2) is 103 Å². The molecule has 0 fully saturated rings. The maximum atomic E-state index is 12.4. The van der Waals surface area contributed by atoms with Crippen molar-refractivity contribution in [3.63, 3.8) is 0 Å². The van der Waals surface area contributed by atoms with E-state index in [1.807, 2.05) is 38.1 Å². The lowest BCUT2D eigenvalue weighted by molar-refractivity contribution is -0.154. The highest BCUT2D eigenvalue weighted by Gasteiger charge is 2.24. The van der Waals surface area contributed by atoms with E-state index in [1.165, 1.54) is 26.2 Å². The molecule has 238 valence electrons. The van der Waals surface area contributed by atoms with E-state index < -0.39 is 36.0 Å². The van der Waals surface area contributed by atoms with Gasteiger partial charge in [0.1, 0.15) is 29.6 Å². The Bertz CT molecular complexity index is 1630. The summed E-state index contributed by atoms with van der Waals surface area (Å²) in [6, 6.07) is 28.7. The Kier molecular flexibility index (Phi) is 11.0. The molecule has 4 aromatic rings. The highest BCUT2D eigenvalue weighted by molar-refractivity contribution is 5.77. The van der Waals surface area contributed by atoms with Crippen molar-refractivity contribution in [3.05, 3.63) is 120 Å². The third-order valence-corrected chi connectivity index (χ3v) is 6.78. The summed E-state index contributed by atoms with van der Waals surface area (Å²) in [5, 5.41) is 0. The van der Waals surface area contributed by atoms with Gasteiger partial charge in [0.05, 0.1) is 7.11 Å². The van der Waals surface area contributed by atoms with Crippen molar-refractivity contribution >= 4 is 24.4 Å². The van der Waals surface area contributed by atoms with E-state index >= 15 is 0 Å². The predicted octanol–water partition coefficient (Wildman–Crippen LogP) is 7.38. The average molecular weight is 629 g/mol. The van der Waals surface area contributed by atoms with Gasteiger partial charge >= 0.3 is 24.4 Å². The molecule has 1 atom stereocenters. The van der Waals surface area contributed by atoms with Crippen molar-refractivity contribution in [1.82, 2.24) is 0 Å². The van der Waals surface area contributed by atoms with Crippen LogP contribution in [-0.2, 0) is 31.0 Å². The number of carbonyl (C=O) groups excluding carboxylic acids is 4. The fourth-order valence-corrected chi connectivity index (χ4v) is 4.12. The van der Waals surface area contributed by atoms with Gasteiger partial charge in [-0.05, 0) is 72.1 Å². The molecule has 0 saturated carbocycles. The number of hydrogen-bond donors (Lipinski definition) is 0. The van der Waals surface area contributed by atoms with Gasteiger partial charge in [-0.3, -0.25) is 0 Å². The number of ether oxygens (including phenoxy) is 7. The predicted molar refractivity (Wildman–Crippen MR) is 164 cm³/mol. The van der Waals surface area contributed by atoms with Gasteiger partial charge in [0, 0.05) is 5.41 Å². The minimum absolute atomic E-state index is 0.0981. The van der Waals surface area contributed by atoms with Crippen LogP contribution < -0.4 is 18.9 Å². The maximum Gasteiger partial charge on any atom is 0.519 e. The number of hydrogen-bond acceptors (Lipinski definition) is 11. The van der Waals surface area contributed by atoms with Crippen molar-refractivity contribution in [1.29, 1.82) is 0 Å². The molecule has 11 nitrogen and oxygen atoms in total. The summed E-state index contributed by atoms with van der Waals surface area (Å²) in [4.78, 5) is 47.8. The Balaban J connectivity index is 1.23. The average Bonchev–Trinajstić information content (AvgIpc) is 3.05. The third kappa shape index (κ3) is 9.33. The molecule has 0 saturated heterocycles. The first-order chi connectivity index (χ1) is 22.0. The summed E-state index contributed by atoms with van der Waals surface area (Å²) >= 11 is 0. The number of benzene rings is 4. The van der Waals surface area contributed by atoms with E-state index in [1.54, 1.807) is 66.7 Å². The summed E-state index contributed by atoms with van der Waals surface area (Å²) in [6.07, 6.45) is -3.93. The molecule has 0 N–H and O–H groups in total. The zero-order valence-corrected chi connectivity index (χ0v) is 25.6. The van der Waals surface area contributed by atoms with Crippen molar-refractivity contribution < 1.29 is 52.3 Å². The molecule has 46 heavy (non-hydrogen) atoms. The molecule has 4 rings (SSSR count). The Morgan fingerprint density at radius 3 is 1.52 bits per heavy atom. The molecule has 0 aliphatic carbocycles. The quantitative estimate of drug-likeness (QED) is 0.0989. The highest BCUT2D eigenvalue weighted by atomic mass is 16.7. The Labute approximate surface area is 265 Å². The fourth-order valence-electron chi connectivity index (χ4n) is 4.12. The van der Waals surface area contributed by atoms with Crippen LogP contribution in [0, 0.1) is 0 Å². The smallest absolute Gasteiger partial charge is 0.458 e. The minimum Gasteiger partial charge on any atom is -0.458 e. The maximum absolute atomic E-state index is 12.4. The molecule has 0 bridgehead atoms. The molecule has 0 aliphatic rings. The Morgan fingerprint density at radius 1 is 0.587 bits per heavy atom. The monoisotopic (exact) mass is 628 g/mol. The number of esters is 1. The number of methoxy groups -OCH3 is 1. The van der Waals surface area contributed by atoms with Crippen molar-refractivity contribution in [2.24, 2.45) is 0 Å². The first kappa shape index (κ1) is 33.1. The lowest BCUT2D eigenvalue weighted by Gasteiger charge is -2.26. The van der Waals surface area contributed by atoms with Gasteiger partial charge < -0.3 is 33.2 Å². The number of carbonyl (C=O) groups is 4. The molecule has 0 spiro atoms. The molecule has 0 heterocycles. The van der Waals surface area contributed by atoms with Crippen molar-refractivity contribution in [2.45, 2.75) is 38.9 Å². The molecule has 1 unspecified atom stereocenters. The molecule has 0 aliphatic heterocycles. The number of rotatable bonds is 10. The topological polar surface area (TPSA) is 133 Å². The summed E-state index contributed by atoms with van der Waals surface area (Å²) in [5.74, 6) is 0.404. The Morgan fingerprint density at radius 2 is 1.02 bits per heavy atom. The molecule has 0 aromatic heterocycles. The summed E-state index contributed by atoms with van der Waals surface area (Å²) in [7, 11) is 1.24. The lowest BCUT2D eigenvalue weighted by Crippen LogP contribution is -2.27. The second kappa shape index (κ2) is 15.2. The van der Waals surface area contributed by atoms with Crippen molar-refractivity contribution in [3.8, 4) is 23.0 Å². The summed E-state index contributed by atoms with van der Waals surface area (Å²) in [6.45, 7) is 5.35. The Hall–Kier alpha value is -5.84. The molecule has 0 amide bonds. The van der Waals surface area contributed by atoms with E-state index in [9.17, 15) is 19.2 Å². The van der Waals surface area contributed by atoms with E-state index in [0.29, 0.717) is 17.1 Å². The molecular weight excluding hydrogens is 596 g/mol. The van der Waals surface area contributed by atoms with Gasteiger partial charge in [-0.25, -0.2) is 19.2 Å². The zero-order chi connectivity index (χ0) is 33.1. The van der Waals surface area contributed by atoms with Gasteiger partial charge in [-0.2, -0.15) is 0 Å². The summed E-state index contributed by atoms with van der Waals surface area (Å²) in [5.41, 5.74) is 2.14. The van der Waals surface area contributed by atoms with Crippen molar-refractivity contribution in [2.75, 3.05) is 7.11 Å². The van der Waals surface area contributed by atoms with Gasteiger partial charge in [0.15, 0.2) is 6.10 Å². The van der Waals surface area contributed by atoms with Crippen LogP contribution in [0.3, 0.4) is 0 Å². The number of para-hydroxylation sites is 1. The highest BCUT2D eigenvalue weighted by Crippen LogP contribution is 2.33. The third-order valence-electron chi connectivity index (χ3n) is 6.78. The molecule has 0 radical (unpaired) electrons. The largest absolute Gasteiger partial charge is 0.519 e. The first-order valence-electron chi connectivity index (χ1n) is 14.1. The fraction of sp³-hybridized carbons (Fsp3) is 0.200.